The fourth-order valence-corrected chi connectivity index (χ4v) is 6.49. The van der Waals surface area contributed by atoms with Gasteiger partial charge in [0.15, 0.2) is 0 Å². The molecule has 2 unspecified atom stereocenters. The fourth-order valence-electron chi connectivity index (χ4n) is 5.97. The van der Waals surface area contributed by atoms with E-state index in [0.717, 1.165) is 59.8 Å². The Kier molecular flexibility index (Phi) is 33.7. The molecule has 0 spiro atoms. The van der Waals surface area contributed by atoms with E-state index in [0.29, 0.717) is 25.9 Å². The molecule has 24 nitrogen and oxygen atoms in total. The molecule has 6 aromatic rings. The van der Waals surface area contributed by atoms with E-state index < -0.39 is 116 Å². The lowest BCUT2D eigenvalue weighted by Crippen LogP contribution is -2.34. The summed E-state index contributed by atoms with van der Waals surface area (Å²) in [7, 11) is 3.51. The van der Waals surface area contributed by atoms with Crippen LogP contribution in [0.1, 0.15) is 52.4 Å². The van der Waals surface area contributed by atoms with Crippen molar-refractivity contribution >= 4 is 97.3 Å². The van der Waals surface area contributed by atoms with Gasteiger partial charge in [0.2, 0.25) is 0 Å². The summed E-state index contributed by atoms with van der Waals surface area (Å²) >= 11 is 12.2. The molecule has 2 aromatic carbocycles. The standard InChI is InChI=1S/2C18H18ClF5N6O.2C4H6O4.2H2O.2H2S/c2*1-9(18(22,23)24)28-16-14(15(19)29-17-26-8-27-30(16)17)13-11(20)6-10(7-12(13)21)31-5-3-4-25-2;2*5-3(6)1-2-4(7)8;;;;/h2*6-9,25,28H,3-5H2,1-2H3;2*1-2H2,(H,5,6)(H,7,8);4*1H2. The summed E-state index contributed by atoms with van der Waals surface area (Å²) in [6, 6.07) is -0.462. The van der Waals surface area contributed by atoms with Crippen molar-refractivity contribution in [2.45, 2.75) is 76.8 Å². The van der Waals surface area contributed by atoms with Gasteiger partial charge in [-0.2, -0.15) is 92.5 Å². The number of nitrogens with one attached hydrogen (secondary N) is 4. The van der Waals surface area contributed by atoms with Gasteiger partial charge in [-0.3, -0.25) is 19.2 Å². The summed E-state index contributed by atoms with van der Waals surface area (Å²) < 4.78 is 151. The Labute approximate surface area is 481 Å². The van der Waals surface area contributed by atoms with Crippen molar-refractivity contribution in [1.82, 2.24) is 49.8 Å². The highest BCUT2D eigenvalue weighted by Gasteiger charge is 2.39. The molecule has 0 fully saturated rings. The van der Waals surface area contributed by atoms with E-state index in [1.807, 2.05) is 0 Å². The lowest BCUT2D eigenvalue weighted by molar-refractivity contribution is -0.143. The molecule has 4 heterocycles. The van der Waals surface area contributed by atoms with Crippen molar-refractivity contribution in [3.63, 3.8) is 0 Å². The van der Waals surface area contributed by atoms with Crippen molar-refractivity contribution in [3.05, 3.63) is 70.5 Å². The van der Waals surface area contributed by atoms with Crippen LogP contribution in [0.25, 0.3) is 33.8 Å². The van der Waals surface area contributed by atoms with Crippen molar-refractivity contribution in [2.24, 2.45) is 0 Å². The number of carbonyl (C=O) groups is 4. The Balaban J connectivity index is 0. The van der Waals surface area contributed by atoms with Gasteiger partial charge in [0.1, 0.15) is 81.4 Å². The molecule has 0 saturated carbocycles. The number of alkyl halides is 6. The maximum atomic E-state index is 14.9. The summed E-state index contributed by atoms with van der Waals surface area (Å²) in [6.07, 6.45) is -7.23. The number of aromatic nitrogens is 8. The molecule has 38 heteroatoms. The SMILES string of the molecule is CNCCCOc1cc(F)c(-c2c(Cl)nc3ncnn3c2NC(C)C(F)(F)F)c(F)c1.CNCCCOc1cc(F)c(-c2c(Cl)nc3ncnn3c2NC(C)C(F)(F)F)c(F)c1.O.O.O=C(O)CCC(=O)O.O=C(O)CCC(=O)O.S.S. The van der Waals surface area contributed by atoms with Crippen LogP contribution in [0.3, 0.4) is 0 Å². The van der Waals surface area contributed by atoms with Crippen molar-refractivity contribution in [1.29, 1.82) is 0 Å². The average molecular weight is 1270 g/mol. The van der Waals surface area contributed by atoms with Crippen LogP contribution in [0.2, 0.25) is 10.3 Å². The van der Waals surface area contributed by atoms with Gasteiger partial charge >= 0.3 is 36.2 Å². The lowest BCUT2D eigenvalue weighted by Gasteiger charge is -2.21. The quantitative estimate of drug-likeness (QED) is 0.0202. The van der Waals surface area contributed by atoms with E-state index in [1.54, 1.807) is 14.1 Å². The van der Waals surface area contributed by atoms with Crippen LogP contribution in [0.5, 0.6) is 11.5 Å². The molecule has 0 bridgehead atoms. The first-order chi connectivity index (χ1) is 36.5. The highest BCUT2D eigenvalue weighted by atomic mass is 35.5. The second-order valence-corrected chi connectivity index (χ2v) is 16.4. The van der Waals surface area contributed by atoms with Gasteiger partial charge in [0.05, 0.1) is 61.2 Å². The average Bonchev–Trinajstić information content (AvgIpc) is 4.01. The molecule has 0 aliphatic carbocycles. The van der Waals surface area contributed by atoms with Crippen molar-refractivity contribution in [3.8, 4) is 33.8 Å². The molecule has 6 rings (SSSR count). The number of nitrogens with zero attached hydrogens (tertiary/aromatic N) is 8. The monoisotopic (exact) mass is 1270 g/mol. The number of benzene rings is 2. The lowest BCUT2D eigenvalue weighted by atomic mass is 10.1. The number of hydrogen-bond acceptors (Lipinski definition) is 16. The number of halogens is 12. The van der Waals surface area contributed by atoms with Crippen LogP contribution in [0, 0.1) is 23.3 Å². The van der Waals surface area contributed by atoms with Crippen LogP contribution in [-0.4, -0.2) is 159 Å². The fraction of sp³-hybridized carbons (Fsp3) is 0.409. The number of carboxylic acid groups (broad SMARTS) is 4. The zero-order chi connectivity index (χ0) is 58.7. The molecule has 4 aromatic heterocycles. The van der Waals surface area contributed by atoms with E-state index in [1.165, 1.54) is 0 Å². The molecule has 460 valence electrons. The highest BCUT2D eigenvalue weighted by molar-refractivity contribution is 7.59. The minimum Gasteiger partial charge on any atom is -0.493 e. The Morgan fingerprint density at radius 2 is 0.841 bits per heavy atom. The molecular weight excluding hydrogens is 1210 g/mol. The van der Waals surface area contributed by atoms with Crippen molar-refractivity contribution in [2.75, 3.05) is 51.0 Å². The Hall–Kier alpha value is -6.96. The third-order valence-corrected chi connectivity index (χ3v) is 10.3. The third kappa shape index (κ3) is 23.5. The molecular formula is C44H56Cl2F10N12O12S2. The molecule has 0 amide bonds. The van der Waals surface area contributed by atoms with Gasteiger partial charge in [-0.1, -0.05) is 23.2 Å². The van der Waals surface area contributed by atoms with E-state index in [4.69, 9.17) is 53.1 Å². The minimum absolute atomic E-state index is 0. The van der Waals surface area contributed by atoms with Crippen molar-refractivity contribution < 1.29 is 104 Å². The van der Waals surface area contributed by atoms with E-state index in [-0.39, 0.29) is 99.9 Å². The zero-order valence-electron chi connectivity index (χ0n) is 43.0. The minimum atomic E-state index is -4.65. The second-order valence-electron chi connectivity index (χ2n) is 15.7. The summed E-state index contributed by atoms with van der Waals surface area (Å²) in [4.78, 5) is 53.9. The molecule has 2 atom stereocenters. The van der Waals surface area contributed by atoms with E-state index >= 15 is 0 Å². The van der Waals surface area contributed by atoms with Crippen LogP contribution >= 0.6 is 50.2 Å². The molecule has 82 heavy (non-hydrogen) atoms. The van der Waals surface area contributed by atoms with Gasteiger partial charge in [0.25, 0.3) is 11.6 Å². The highest BCUT2D eigenvalue weighted by Crippen LogP contribution is 2.42. The molecule has 0 aliphatic heterocycles. The maximum Gasteiger partial charge on any atom is 0.408 e. The number of anilines is 2. The molecule has 0 saturated heterocycles. The summed E-state index contributed by atoms with van der Waals surface area (Å²) in [5.41, 5.74) is -2.19. The van der Waals surface area contributed by atoms with Crippen LogP contribution < -0.4 is 30.7 Å². The first-order valence-electron chi connectivity index (χ1n) is 22.4. The number of carboxylic acids is 4. The number of ether oxygens (including phenoxy) is 2. The normalized spacial score (nSPS) is 11.4. The van der Waals surface area contributed by atoms with Crippen LogP contribution in [-0.2, 0) is 19.2 Å². The largest absolute Gasteiger partial charge is 0.493 e. The first kappa shape index (κ1) is 77.1. The van der Waals surface area contributed by atoms with Crippen LogP contribution in [0.15, 0.2) is 36.9 Å². The smallest absolute Gasteiger partial charge is 0.408 e. The van der Waals surface area contributed by atoms with Gasteiger partial charge in [-0.05, 0) is 53.9 Å². The summed E-state index contributed by atoms with van der Waals surface area (Å²) in [5.74, 6) is -9.90. The Morgan fingerprint density at radius 1 is 0.561 bits per heavy atom. The van der Waals surface area contributed by atoms with Gasteiger partial charge in [-0.15, -0.1) is 0 Å². The topological polar surface area (TPSA) is 365 Å². The summed E-state index contributed by atoms with van der Waals surface area (Å²) in [5, 5.41) is 48.5. The summed E-state index contributed by atoms with van der Waals surface area (Å²) in [6.45, 7) is 3.40. The number of rotatable bonds is 22. The van der Waals surface area contributed by atoms with Gasteiger partial charge in [0, 0.05) is 24.3 Å². The van der Waals surface area contributed by atoms with E-state index in [2.05, 4.69) is 51.4 Å². The van der Waals surface area contributed by atoms with E-state index in [9.17, 15) is 63.1 Å². The number of fused-ring (bicyclic) bond motifs is 2. The zero-order valence-corrected chi connectivity index (χ0v) is 46.6. The Morgan fingerprint density at radius 3 is 1.09 bits per heavy atom. The number of hydrogen-bond donors (Lipinski definition) is 8. The number of aliphatic carboxylic acids is 4. The van der Waals surface area contributed by atoms with Crippen LogP contribution in [0.4, 0.5) is 55.5 Å². The van der Waals surface area contributed by atoms with Gasteiger partial charge < -0.3 is 62.1 Å². The first-order valence-corrected chi connectivity index (χ1v) is 23.1. The predicted octanol–water partition coefficient (Wildman–Crippen LogP) is 6.60. The molecule has 0 aliphatic rings. The maximum absolute atomic E-state index is 14.9. The third-order valence-electron chi connectivity index (χ3n) is 9.77. The van der Waals surface area contributed by atoms with Gasteiger partial charge in [-0.25, -0.2) is 17.6 Å². The Bertz CT molecular complexity index is 2760. The molecule has 12 N–H and O–H groups in total. The molecule has 0 radical (unpaired) electrons. The second kappa shape index (κ2) is 35.8. The predicted molar refractivity (Wildman–Crippen MR) is 286 cm³/mol.